The number of benzene rings is 2. The van der Waals surface area contributed by atoms with Crippen LogP contribution in [-0.4, -0.2) is 36.5 Å². The van der Waals surface area contributed by atoms with Crippen molar-refractivity contribution in [1.82, 2.24) is 5.32 Å². The van der Waals surface area contributed by atoms with Gasteiger partial charge in [-0.05, 0) is 43.3 Å². The van der Waals surface area contributed by atoms with Crippen LogP contribution in [0, 0.1) is 22.7 Å². The number of Topliss-reactive ketones (excluding diaryl/α,β-unsaturated/α-hetero) is 1. The number of ketones is 1. The Morgan fingerprint density at radius 2 is 1.69 bits per heavy atom. The van der Waals surface area contributed by atoms with E-state index >= 15 is 0 Å². The molecule has 0 fully saturated rings. The van der Waals surface area contributed by atoms with Crippen molar-refractivity contribution in [2.24, 2.45) is 5.92 Å². The second kappa shape index (κ2) is 10.4. The second-order valence-electron chi connectivity index (χ2n) is 5.99. The van der Waals surface area contributed by atoms with E-state index in [4.69, 9.17) is 20.1 Å². The maximum atomic E-state index is 12.1. The Balaban J connectivity index is 1.80. The molecule has 0 radical (unpaired) electrons. The molecule has 0 aliphatic carbocycles. The number of nitrogens with zero attached hydrogens (tertiary/aromatic N) is 1. The Labute approximate surface area is 167 Å². The van der Waals surface area contributed by atoms with Crippen LogP contribution >= 0.6 is 0 Å². The fourth-order valence-electron chi connectivity index (χ4n) is 2.25. The zero-order valence-electron chi connectivity index (χ0n) is 15.7. The highest BCUT2D eigenvalue weighted by atomic mass is 16.5. The summed E-state index contributed by atoms with van der Waals surface area (Å²) in [5.74, 6) is -2.03. The lowest BCUT2D eigenvalue weighted by atomic mass is 10.0. The lowest BCUT2D eigenvalue weighted by Crippen LogP contribution is -2.32. The van der Waals surface area contributed by atoms with Crippen LogP contribution in [0.2, 0.25) is 0 Å². The zero-order chi connectivity index (χ0) is 21.2. The van der Waals surface area contributed by atoms with Crippen LogP contribution < -0.4 is 10.1 Å². The molecular weight excluding hydrogens is 374 g/mol. The van der Waals surface area contributed by atoms with Gasteiger partial charge in [-0.2, -0.15) is 5.26 Å². The molecule has 2 N–H and O–H groups in total. The maximum Gasteiger partial charge on any atom is 0.325 e. The third-order valence-electron chi connectivity index (χ3n) is 3.75. The molecule has 2 rings (SSSR count). The molecule has 0 saturated carbocycles. The molecule has 0 bridgehead atoms. The summed E-state index contributed by atoms with van der Waals surface area (Å²) in [6.45, 7) is 0.258. The van der Waals surface area contributed by atoms with E-state index < -0.39 is 36.7 Å². The molecule has 1 atom stereocenters. The Morgan fingerprint density at radius 1 is 1.07 bits per heavy atom. The van der Waals surface area contributed by atoms with Gasteiger partial charge >= 0.3 is 5.97 Å². The van der Waals surface area contributed by atoms with Crippen LogP contribution in [-0.2, 0) is 14.3 Å². The normalized spacial score (nSPS) is 10.9. The van der Waals surface area contributed by atoms with Gasteiger partial charge < -0.3 is 20.2 Å². The van der Waals surface area contributed by atoms with Crippen LogP contribution in [0.4, 0.5) is 0 Å². The maximum absolute atomic E-state index is 12.1. The van der Waals surface area contributed by atoms with Crippen molar-refractivity contribution in [2.75, 3.05) is 13.2 Å². The topological polar surface area (TPSA) is 129 Å². The number of amides is 1. The van der Waals surface area contributed by atoms with Crippen molar-refractivity contribution >= 4 is 23.4 Å². The lowest BCUT2D eigenvalue weighted by molar-refractivity contribution is -0.147. The summed E-state index contributed by atoms with van der Waals surface area (Å²) < 4.78 is 10.4. The molecule has 0 aromatic heterocycles. The molecule has 0 saturated heterocycles. The van der Waals surface area contributed by atoms with E-state index in [1.165, 1.54) is 6.92 Å². The zero-order valence-corrected chi connectivity index (χ0v) is 15.7. The van der Waals surface area contributed by atoms with E-state index in [-0.39, 0.29) is 5.71 Å². The van der Waals surface area contributed by atoms with E-state index in [1.54, 1.807) is 42.5 Å². The van der Waals surface area contributed by atoms with Crippen molar-refractivity contribution in [2.45, 2.75) is 6.92 Å². The fraction of sp³-hybridized carbons (Fsp3) is 0.190. The molecule has 8 nitrogen and oxygen atoms in total. The molecule has 8 heteroatoms. The van der Waals surface area contributed by atoms with Crippen molar-refractivity contribution in [1.29, 1.82) is 10.7 Å². The Bertz CT molecular complexity index is 933. The predicted octanol–water partition coefficient (Wildman–Crippen LogP) is 2.50. The molecular formula is C21H19N3O5. The van der Waals surface area contributed by atoms with Gasteiger partial charge in [0.15, 0.2) is 12.4 Å². The van der Waals surface area contributed by atoms with Gasteiger partial charge in [0.2, 0.25) is 0 Å². The lowest BCUT2D eigenvalue weighted by Gasteiger charge is -2.09. The van der Waals surface area contributed by atoms with E-state index in [0.29, 0.717) is 17.1 Å². The van der Waals surface area contributed by atoms with Crippen LogP contribution in [0.5, 0.6) is 11.5 Å². The second-order valence-corrected chi connectivity index (χ2v) is 5.99. The number of para-hydroxylation sites is 1. The molecule has 0 aliphatic rings. The third-order valence-corrected chi connectivity index (χ3v) is 3.75. The Kier molecular flexibility index (Phi) is 7.62. The highest BCUT2D eigenvalue weighted by Gasteiger charge is 2.21. The monoisotopic (exact) mass is 393 g/mol. The van der Waals surface area contributed by atoms with Gasteiger partial charge in [-0.3, -0.25) is 14.4 Å². The Hall–Kier alpha value is -3.99. The number of nitrogens with one attached hydrogen (secondary N) is 2. The average Bonchev–Trinajstić information content (AvgIpc) is 2.72. The van der Waals surface area contributed by atoms with E-state index in [2.05, 4.69) is 5.32 Å². The molecule has 29 heavy (non-hydrogen) atoms. The van der Waals surface area contributed by atoms with E-state index in [0.717, 1.165) is 0 Å². The minimum atomic E-state index is -1.24. The largest absolute Gasteiger partial charge is 0.457 e. The molecule has 2 aromatic carbocycles. The summed E-state index contributed by atoms with van der Waals surface area (Å²) in [7, 11) is 0. The van der Waals surface area contributed by atoms with Crippen LogP contribution in [0.25, 0.3) is 0 Å². The van der Waals surface area contributed by atoms with E-state index in [9.17, 15) is 14.4 Å². The van der Waals surface area contributed by atoms with Gasteiger partial charge in [0, 0.05) is 11.3 Å². The molecule has 148 valence electrons. The van der Waals surface area contributed by atoms with Crippen molar-refractivity contribution < 1.29 is 23.9 Å². The summed E-state index contributed by atoms with van der Waals surface area (Å²) >= 11 is 0. The van der Waals surface area contributed by atoms with Crippen molar-refractivity contribution in [3.8, 4) is 17.6 Å². The molecule has 0 heterocycles. The number of rotatable bonds is 9. The SMILES string of the molecule is CC(=N)C(C#N)C(=O)COC(=O)CNC(=O)c1ccc(Oc2ccccc2)cc1. The predicted molar refractivity (Wildman–Crippen MR) is 104 cm³/mol. The Morgan fingerprint density at radius 3 is 2.28 bits per heavy atom. The quantitative estimate of drug-likeness (QED) is 0.497. The molecule has 0 aliphatic heterocycles. The van der Waals surface area contributed by atoms with Crippen LogP contribution in [0.15, 0.2) is 54.6 Å². The summed E-state index contributed by atoms with van der Waals surface area (Å²) in [6.07, 6.45) is 0. The molecule has 1 amide bonds. The molecule has 2 aromatic rings. The third kappa shape index (κ3) is 6.59. The number of esters is 1. The number of hydrogen-bond donors (Lipinski definition) is 2. The van der Waals surface area contributed by atoms with E-state index in [1.807, 2.05) is 18.2 Å². The van der Waals surface area contributed by atoms with Crippen molar-refractivity contribution in [3.05, 3.63) is 60.2 Å². The highest BCUT2D eigenvalue weighted by molar-refractivity contribution is 6.06. The summed E-state index contributed by atoms with van der Waals surface area (Å²) in [4.78, 5) is 35.5. The average molecular weight is 393 g/mol. The minimum Gasteiger partial charge on any atom is -0.457 e. The first-order valence-electron chi connectivity index (χ1n) is 8.65. The number of ether oxygens (including phenoxy) is 2. The smallest absolute Gasteiger partial charge is 0.325 e. The van der Waals surface area contributed by atoms with Gasteiger partial charge in [-0.25, -0.2) is 0 Å². The van der Waals surface area contributed by atoms with Crippen LogP contribution in [0.3, 0.4) is 0 Å². The van der Waals surface area contributed by atoms with Crippen molar-refractivity contribution in [3.63, 3.8) is 0 Å². The fourth-order valence-corrected chi connectivity index (χ4v) is 2.25. The number of nitriles is 1. The van der Waals surface area contributed by atoms with Gasteiger partial charge in [0.1, 0.15) is 24.0 Å². The van der Waals surface area contributed by atoms with Gasteiger partial charge in [0.25, 0.3) is 5.91 Å². The molecule has 0 spiro atoms. The van der Waals surface area contributed by atoms with Gasteiger partial charge in [0.05, 0.1) is 6.07 Å². The van der Waals surface area contributed by atoms with Gasteiger partial charge in [-0.1, -0.05) is 18.2 Å². The number of carbonyl (C=O) groups excluding carboxylic acids is 3. The summed E-state index contributed by atoms with van der Waals surface area (Å²) in [6, 6.07) is 17.2. The van der Waals surface area contributed by atoms with Gasteiger partial charge in [-0.15, -0.1) is 0 Å². The standard InChI is InChI=1S/C21H19N3O5/c1-14(23)18(11-22)19(25)13-28-20(26)12-24-21(27)15-7-9-17(10-8-15)29-16-5-3-2-4-6-16/h2-10,18,23H,12-13H2,1H3,(H,24,27). The summed E-state index contributed by atoms with van der Waals surface area (Å²) in [5, 5.41) is 18.5. The highest BCUT2D eigenvalue weighted by Crippen LogP contribution is 2.21. The first-order chi connectivity index (χ1) is 13.9. The first-order valence-corrected chi connectivity index (χ1v) is 8.65. The number of hydrogen-bond acceptors (Lipinski definition) is 7. The first kappa shape index (κ1) is 21.3. The summed E-state index contributed by atoms with van der Waals surface area (Å²) in [5.41, 5.74) is 0.194. The minimum absolute atomic E-state index is 0.124. The number of carbonyl (C=O) groups is 3. The van der Waals surface area contributed by atoms with Crippen LogP contribution in [0.1, 0.15) is 17.3 Å². The molecule has 1 unspecified atom stereocenters.